The van der Waals surface area contributed by atoms with Crippen molar-refractivity contribution in [3.05, 3.63) is 121 Å². The number of hydrogen-bond acceptors (Lipinski definition) is 12. The molecule has 3 aromatic heterocycles. The molecule has 0 saturated carbocycles. The van der Waals surface area contributed by atoms with Gasteiger partial charge in [-0.15, -0.1) is 0 Å². The average molecular weight is 739 g/mol. The highest BCUT2D eigenvalue weighted by Crippen LogP contribution is 2.38. The third-order valence-corrected chi connectivity index (χ3v) is 10.2. The van der Waals surface area contributed by atoms with Crippen molar-refractivity contribution in [2.24, 2.45) is 0 Å². The maximum atomic E-state index is 11.2. The summed E-state index contributed by atoms with van der Waals surface area (Å²) in [6.45, 7) is 11.0. The molecule has 0 unspecified atom stereocenters. The Morgan fingerprint density at radius 1 is 0.444 bits per heavy atom. The summed E-state index contributed by atoms with van der Waals surface area (Å²) in [4.78, 5) is 33.6. The molecule has 3 atom stereocenters. The first-order valence-electron chi connectivity index (χ1n) is 17.7. The van der Waals surface area contributed by atoms with Gasteiger partial charge >= 0.3 is 16.9 Å². The van der Waals surface area contributed by atoms with E-state index < -0.39 is 35.1 Å². The van der Waals surface area contributed by atoms with E-state index in [1.807, 2.05) is 59.7 Å². The molecule has 6 heterocycles. The SMILES string of the molecule is CC1(C)Oc2cc3oc(=O)ccc3cc2C[C@@H]1O.CC1(C)Oc2cc3oc(=O)ccc3cc2C[C@@H]1O.CC1(C)Oc2cc3oc(=O)ccc3cc2C[C@@H]1O. The highest BCUT2D eigenvalue weighted by molar-refractivity contribution is 5.81. The van der Waals surface area contributed by atoms with Gasteiger partial charge in [0.1, 0.15) is 50.8 Å². The molecule has 3 N–H and O–H groups in total. The Balaban J connectivity index is 0.000000125. The molecule has 3 aromatic carbocycles. The van der Waals surface area contributed by atoms with Crippen LogP contribution >= 0.6 is 0 Å². The van der Waals surface area contributed by atoms with Gasteiger partial charge in [0.05, 0.1) is 18.3 Å². The van der Waals surface area contributed by atoms with Crippen LogP contribution in [-0.4, -0.2) is 50.4 Å². The molecule has 282 valence electrons. The van der Waals surface area contributed by atoms with Crippen molar-refractivity contribution in [3.63, 3.8) is 0 Å². The maximum absolute atomic E-state index is 11.2. The predicted octanol–water partition coefficient (Wildman–Crippen LogP) is 5.60. The van der Waals surface area contributed by atoms with E-state index in [0.717, 1.165) is 32.8 Å². The second kappa shape index (κ2) is 13.5. The Morgan fingerprint density at radius 2 is 0.704 bits per heavy atom. The molecule has 3 aliphatic rings. The van der Waals surface area contributed by atoms with Crippen molar-refractivity contribution in [2.45, 2.75) is 95.9 Å². The molecule has 6 aromatic rings. The molecule has 12 heteroatoms. The summed E-state index contributed by atoms with van der Waals surface area (Å²) in [5, 5.41) is 32.5. The van der Waals surface area contributed by atoms with Crippen molar-refractivity contribution in [3.8, 4) is 17.2 Å². The lowest BCUT2D eigenvalue weighted by Crippen LogP contribution is -2.46. The van der Waals surface area contributed by atoms with Gasteiger partial charge in [-0.05, 0) is 94.6 Å². The van der Waals surface area contributed by atoms with E-state index in [4.69, 9.17) is 27.5 Å². The Bertz CT molecular complexity index is 2290. The van der Waals surface area contributed by atoms with Gasteiger partial charge < -0.3 is 42.8 Å². The molecule has 0 fully saturated rings. The van der Waals surface area contributed by atoms with Crippen molar-refractivity contribution < 1.29 is 42.8 Å². The highest BCUT2D eigenvalue weighted by Gasteiger charge is 2.38. The lowest BCUT2D eigenvalue weighted by atomic mass is 9.90. The number of aliphatic hydroxyl groups excluding tert-OH is 3. The maximum Gasteiger partial charge on any atom is 0.336 e. The zero-order valence-corrected chi connectivity index (χ0v) is 30.8. The molecule has 12 nitrogen and oxygen atoms in total. The van der Waals surface area contributed by atoms with E-state index in [1.54, 1.807) is 36.4 Å². The highest BCUT2D eigenvalue weighted by atomic mass is 16.5. The summed E-state index contributed by atoms with van der Waals surface area (Å²) in [5.74, 6) is 2.02. The third kappa shape index (κ3) is 7.37. The molecule has 0 amide bonds. The standard InChI is InChI=1S/3C14H14O4/c3*1-14(2)12(15)6-9-5-8-3-4-13(16)17-10(8)7-11(9)18-14/h3*3-5,7,12,15H,6H2,1-2H3/t3*12-/m000/s1. The van der Waals surface area contributed by atoms with E-state index in [1.165, 1.54) is 18.2 Å². The fourth-order valence-corrected chi connectivity index (χ4v) is 6.61. The molecule has 0 bridgehead atoms. The van der Waals surface area contributed by atoms with Crippen LogP contribution in [0, 0.1) is 0 Å². The summed E-state index contributed by atoms with van der Waals surface area (Å²) in [7, 11) is 0. The van der Waals surface area contributed by atoms with Crippen LogP contribution in [0.5, 0.6) is 17.2 Å². The number of ether oxygens (including phenoxy) is 3. The third-order valence-electron chi connectivity index (χ3n) is 10.2. The van der Waals surface area contributed by atoms with Gasteiger partial charge in [0, 0.05) is 71.8 Å². The Kier molecular flexibility index (Phi) is 9.20. The monoisotopic (exact) mass is 738 g/mol. The van der Waals surface area contributed by atoms with Crippen molar-refractivity contribution >= 4 is 32.9 Å². The molecule has 54 heavy (non-hydrogen) atoms. The Hall–Kier alpha value is -5.43. The molecule has 0 radical (unpaired) electrons. The number of aliphatic hydroxyl groups is 3. The normalized spacial score (nSPS) is 21.4. The fraction of sp³-hybridized carbons (Fsp3) is 0.357. The largest absolute Gasteiger partial charge is 0.485 e. The first kappa shape index (κ1) is 36.9. The van der Waals surface area contributed by atoms with Crippen LogP contribution in [-0.2, 0) is 19.3 Å². The predicted molar refractivity (Wildman–Crippen MR) is 201 cm³/mol. The number of fused-ring (bicyclic) bond motifs is 6. The van der Waals surface area contributed by atoms with Crippen LogP contribution in [0.4, 0.5) is 0 Å². The van der Waals surface area contributed by atoms with E-state index >= 15 is 0 Å². The first-order chi connectivity index (χ1) is 25.4. The van der Waals surface area contributed by atoms with Crippen LogP contribution in [0.3, 0.4) is 0 Å². The average Bonchev–Trinajstić information content (AvgIpc) is 3.08. The fourth-order valence-electron chi connectivity index (χ4n) is 6.61. The molecule has 0 aliphatic carbocycles. The van der Waals surface area contributed by atoms with Gasteiger partial charge in [0.2, 0.25) is 0 Å². The van der Waals surface area contributed by atoms with Gasteiger partial charge in [-0.1, -0.05) is 0 Å². The summed E-state index contributed by atoms with van der Waals surface area (Å²) in [5.41, 5.74) is 1.30. The molecular formula is C42H42O12. The second-order valence-electron chi connectivity index (χ2n) is 15.5. The van der Waals surface area contributed by atoms with Gasteiger partial charge in [-0.3, -0.25) is 0 Å². The van der Waals surface area contributed by atoms with Gasteiger partial charge in [0.25, 0.3) is 0 Å². The van der Waals surface area contributed by atoms with E-state index in [2.05, 4.69) is 0 Å². The van der Waals surface area contributed by atoms with Crippen LogP contribution in [0.25, 0.3) is 32.9 Å². The van der Waals surface area contributed by atoms with Crippen LogP contribution in [0.2, 0.25) is 0 Å². The Labute approximate surface area is 309 Å². The Morgan fingerprint density at radius 3 is 0.963 bits per heavy atom. The second-order valence-corrected chi connectivity index (χ2v) is 15.5. The molecular weight excluding hydrogens is 696 g/mol. The van der Waals surface area contributed by atoms with Crippen LogP contribution in [0.1, 0.15) is 58.2 Å². The van der Waals surface area contributed by atoms with Gasteiger partial charge in [-0.25, -0.2) is 14.4 Å². The molecule has 0 spiro atoms. The minimum Gasteiger partial charge on any atom is -0.485 e. The summed E-state index contributed by atoms with van der Waals surface area (Å²) in [6, 6.07) is 20.2. The van der Waals surface area contributed by atoms with Gasteiger partial charge in [0.15, 0.2) is 0 Å². The minimum atomic E-state index is -0.629. The first-order valence-corrected chi connectivity index (χ1v) is 17.7. The quantitative estimate of drug-likeness (QED) is 0.165. The summed E-state index contributed by atoms with van der Waals surface area (Å²) in [6.07, 6.45) is -0.0128. The van der Waals surface area contributed by atoms with Gasteiger partial charge in [-0.2, -0.15) is 0 Å². The number of hydrogen-bond donors (Lipinski definition) is 3. The van der Waals surface area contributed by atoms with E-state index in [-0.39, 0.29) is 16.9 Å². The van der Waals surface area contributed by atoms with Crippen molar-refractivity contribution in [1.29, 1.82) is 0 Å². The molecule has 0 saturated heterocycles. The molecule has 9 rings (SSSR count). The zero-order chi connectivity index (χ0) is 38.7. The lowest BCUT2D eigenvalue weighted by Gasteiger charge is -2.37. The minimum absolute atomic E-state index is 0.377. The van der Waals surface area contributed by atoms with Crippen molar-refractivity contribution in [2.75, 3.05) is 0 Å². The van der Waals surface area contributed by atoms with Crippen molar-refractivity contribution in [1.82, 2.24) is 0 Å². The topological polar surface area (TPSA) is 179 Å². The number of benzene rings is 3. The lowest BCUT2D eigenvalue weighted by molar-refractivity contribution is -0.0410. The van der Waals surface area contributed by atoms with Crippen LogP contribution in [0.15, 0.2) is 100 Å². The molecule has 3 aliphatic heterocycles. The summed E-state index contributed by atoms with van der Waals surface area (Å²) >= 11 is 0. The summed E-state index contributed by atoms with van der Waals surface area (Å²) < 4.78 is 32.7. The van der Waals surface area contributed by atoms with Crippen LogP contribution < -0.4 is 31.1 Å². The van der Waals surface area contributed by atoms with E-state index in [0.29, 0.717) is 53.3 Å². The smallest absolute Gasteiger partial charge is 0.336 e. The zero-order valence-electron chi connectivity index (χ0n) is 30.8. The van der Waals surface area contributed by atoms with E-state index in [9.17, 15) is 29.7 Å². The number of rotatable bonds is 0.